The maximum absolute atomic E-state index is 3.47. The smallest absolute Gasteiger partial charge is 0.0340 e. The van der Waals surface area contributed by atoms with E-state index in [1.54, 1.807) is 0 Å². The lowest BCUT2D eigenvalue weighted by molar-refractivity contribution is 0.137. The number of para-hydroxylation sites is 1. The van der Waals surface area contributed by atoms with Crippen molar-refractivity contribution in [1.29, 1.82) is 0 Å². The van der Waals surface area contributed by atoms with Crippen LogP contribution in [0.4, 0.5) is 5.69 Å². The Balaban J connectivity index is 1.67. The van der Waals surface area contributed by atoms with Gasteiger partial charge in [-0.25, -0.2) is 0 Å². The van der Waals surface area contributed by atoms with E-state index in [0.29, 0.717) is 5.41 Å². The number of hydrogen-bond acceptors (Lipinski definition) is 2. The van der Waals surface area contributed by atoms with Gasteiger partial charge in [0.15, 0.2) is 0 Å². The minimum absolute atomic E-state index is 0.559. The topological polar surface area (TPSA) is 15.3 Å². The third-order valence-corrected chi connectivity index (χ3v) is 3.74. The summed E-state index contributed by atoms with van der Waals surface area (Å²) in [6, 6.07) is 10.5. The molecular formula is C15H24N2. The third-order valence-electron chi connectivity index (χ3n) is 3.74. The zero-order valence-electron chi connectivity index (χ0n) is 11.1. The first-order valence-corrected chi connectivity index (χ1v) is 6.67. The van der Waals surface area contributed by atoms with Gasteiger partial charge in [-0.05, 0) is 43.5 Å². The van der Waals surface area contributed by atoms with Crippen LogP contribution in [0.25, 0.3) is 0 Å². The van der Waals surface area contributed by atoms with Gasteiger partial charge in [0.1, 0.15) is 0 Å². The maximum atomic E-state index is 3.47. The molecule has 1 fully saturated rings. The van der Waals surface area contributed by atoms with Crippen LogP contribution in [0, 0.1) is 5.41 Å². The lowest BCUT2D eigenvalue weighted by atomic mass is 9.83. The van der Waals surface area contributed by atoms with Gasteiger partial charge in [0.05, 0.1) is 0 Å². The van der Waals surface area contributed by atoms with Gasteiger partial charge < -0.3 is 10.2 Å². The lowest BCUT2D eigenvalue weighted by Crippen LogP contribution is -2.39. The van der Waals surface area contributed by atoms with Gasteiger partial charge in [0, 0.05) is 18.8 Å². The van der Waals surface area contributed by atoms with E-state index in [0.717, 1.165) is 13.1 Å². The van der Waals surface area contributed by atoms with Gasteiger partial charge in [0.25, 0.3) is 0 Å². The van der Waals surface area contributed by atoms with Crippen molar-refractivity contribution in [2.24, 2.45) is 5.41 Å². The van der Waals surface area contributed by atoms with E-state index in [1.807, 2.05) is 0 Å². The van der Waals surface area contributed by atoms with E-state index in [4.69, 9.17) is 0 Å². The highest BCUT2D eigenvalue weighted by molar-refractivity contribution is 5.42. The number of rotatable bonds is 4. The normalized spacial score (nSPS) is 20.1. The van der Waals surface area contributed by atoms with E-state index < -0.39 is 0 Å². The predicted octanol–water partition coefficient (Wildman–Crippen LogP) is 3.22. The molecule has 2 rings (SSSR count). The molecule has 1 aliphatic heterocycles. The third kappa shape index (κ3) is 4.04. The Kier molecular flexibility index (Phi) is 4.06. The summed E-state index contributed by atoms with van der Waals surface area (Å²) in [6.45, 7) is 9.47. The molecule has 0 bridgehead atoms. The molecule has 17 heavy (non-hydrogen) atoms. The number of benzene rings is 1. The molecule has 2 nitrogen and oxygen atoms in total. The second-order valence-electron chi connectivity index (χ2n) is 5.80. The molecule has 1 heterocycles. The minimum Gasteiger partial charge on any atom is -0.384 e. The Bertz CT molecular complexity index is 322. The van der Waals surface area contributed by atoms with Crippen LogP contribution < -0.4 is 5.32 Å². The first-order chi connectivity index (χ1) is 8.16. The Morgan fingerprint density at radius 2 is 1.76 bits per heavy atom. The average Bonchev–Trinajstić information content (AvgIpc) is 2.33. The summed E-state index contributed by atoms with van der Waals surface area (Å²) in [5.74, 6) is 0. The quantitative estimate of drug-likeness (QED) is 0.857. The highest BCUT2D eigenvalue weighted by Gasteiger charge is 2.24. The zero-order chi connectivity index (χ0) is 12.1. The van der Waals surface area contributed by atoms with E-state index >= 15 is 0 Å². The lowest BCUT2D eigenvalue weighted by Gasteiger charge is -2.36. The van der Waals surface area contributed by atoms with Gasteiger partial charge in [-0.15, -0.1) is 0 Å². The van der Waals surface area contributed by atoms with Crippen molar-refractivity contribution < 1.29 is 0 Å². The fourth-order valence-electron chi connectivity index (χ4n) is 2.30. The molecule has 1 saturated heterocycles. The highest BCUT2D eigenvalue weighted by Crippen LogP contribution is 2.29. The molecule has 0 spiro atoms. The number of hydrogen-bond donors (Lipinski definition) is 1. The predicted molar refractivity (Wildman–Crippen MR) is 74.4 cm³/mol. The zero-order valence-corrected chi connectivity index (χ0v) is 11.1. The van der Waals surface area contributed by atoms with Crippen LogP contribution in [0.5, 0.6) is 0 Å². The number of likely N-dealkylation sites (tertiary alicyclic amines) is 1. The summed E-state index contributed by atoms with van der Waals surface area (Å²) in [5.41, 5.74) is 1.79. The fraction of sp³-hybridized carbons (Fsp3) is 0.600. The summed E-state index contributed by atoms with van der Waals surface area (Å²) in [7, 11) is 0. The molecule has 1 aromatic carbocycles. The Morgan fingerprint density at radius 3 is 2.41 bits per heavy atom. The van der Waals surface area contributed by atoms with Crippen LogP contribution in [0.3, 0.4) is 0 Å². The van der Waals surface area contributed by atoms with Crippen molar-refractivity contribution in [2.45, 2.75) is 26.7 Å². The molecule has 2 heteroatoms. The summed E-state index contributed by atoms with van der Waals surface area (Å²) in [6.07, 6.45) is 2.66. The summed E-state index contributed by atoms with van der Waals surface area (Å²) in [4.78, 5) is 2.57. The van der Waals surface area contributed by atoms with Gasteiger partial charge >= 0.3 is 0 Å². The van der Waals surface area contributed by atoms with Gasteiger partial charge in [-0.2, -0.15) is 0 Å². The van der Waals surface area contributed by atoms with Gasteiger partial charge in [-0.3, -0.25) is 0 Å². The second kappa shape index (κ2) is 5.54. The van der Waals surface area contributed by atoms with Crippen LogP contribution in [-0.4, -0.2) is 31.1 Å². The van der Waals surface area contributed by atoms with Crippen LogP contribution in [0.1, 0.15) is 26.7 Å². The van der Waals surface area contributed by atoms with E-state index in [2.05, 4.69) is 54.4 Å². The molecule has 0 atom stereocenters. The molecule has 0 radical (unpaired) electrons. The molecule has 0 aromatic heterocycles. The number of anilines is 1. The van der Waals surface area contributed by atoms with Crippen molar-refractivity contribution in [3.05, 3.63) is 30.3 Å². The molecule has 1 N–H and O–H groups in total. The van der Waals surface area contributed by atoms with Crippen molar-refractivity contribution in [1.82, 2.24) is 4.90 Å². The summed E-state index contributed by atoms with van der Waals surface area (Å²) >= 11 is 0. The minimum atomic E-state index is 0.559. The Hall–Kier alpha value is -1.02. The summed E-state index contributed by atoms with van der Waals surface area (Å²) < 4.78 is 0. The molecule has 94 valence electrons. The maximum Gasteiger partial charge on any atom is 0.0340 e. The van der Waals surface area contributed by atoms with Crippen LogP contribution in [0.2, 0.25) is 0 Å². The second-order valence-corrected chi connectivity index (χ2v) is 5.80. The molecule has 0 unspecified atom stereocenters. The van der Waals surface area contributed by atoms with Crippen molar-refractivity contribution in [2.75, 3.05) is 31.5 Å². The summed E-state index contributed by atoms with van der Waals surface area (Å²) in [5, 5.41) is 3.47. The van der Waals surface area contributed by atoms with Gasteiger partial charge in [-0.1, -0.05) is 32.0 Å². The Labute approximate surface area is 105 Å². The van der Waals surface area contributed by atoms with E-state index in [9.17, 15) is 0 Å². The molecule has 0 saturated carbocycles. The standard InChI is InChI=1S/C15H24N2/c1-15(2)8-11-17(12-9-15)13-10-16-14-6-4-3-5-7-14/h3-7,16H,8-13H2,1-2H3. The number of piperidine rings is 1. The van der Waals surface area contributed by atoms with Crippen LogP contribution >= 0.6 is 0 Å². The molecule has 0 aliphatic carbocycles. The highest BCUT2D eigenvalue weighted by atomic mass is 15.1. The number of nitrogens with one attached hydrogen (secondary N) is 1. The fourth-order valence-corrected chi connectivity index (χ4v) is 2.30. The van der Waals surface area contributed by atoms with E-state index in [-0.39, 0.29) is 0 Å². The first-order valence-electron chi connectivity index (χ1n) is 6.67. The monoisotopic (exact) mass is 232 g/mol. The van der Waals surface area contributed by atoms with E-state index in [1.165, 1.54) is 31.6 Å². The molecular weight excluding hydrogens is 208 g/mol. The van der Waals surface area contributed by atoms with Crippen molar-refractivity contribution in [3.63, 3.8) is 0 Å². The largest absolute Gasteiger partial charge is 0.384 e. The number of nitrogens with zero attached hydrogens (tertiary/aromatic N) is 1. The first kappa shape index (κ1) is 12.4. The molecule has 1 aliphatic rings. The SMILES string of the molecule is CC1(C)CCN(CCNc2ccccc2)CC1. The molecule has 1 aromatic rings. The van der Waals surface area contributed by atoms with Crippen LogP contribution in [-0.2, 0) is 0 Å². The van der Waals surface area contributed by atoms with Crippen molar-refractivity contribution in [3.8, 4) is 0 Å². The average molecular weight is 232 g/mol. The van der Waals surface area contributed by atoms with Crippen LogP contribution in [0.15, 0.2) is 30.3 Å². The van der Waals surface area contributed by atoms with Crippen molar-refractivity contribution >= 4 is 5.69 Å². The molecule has 0 amide bonds. The Morgan fingerprint density at radius 1 is 1.12 bits per heavy atom. The van der Waals surface area contributed by atoms with Gasteiger partial charge in [0.2, 0.25) is 0 Å².